The Bertz CT molecular complexity index is 1160. The lowest BCUT2D eigenvalue weighted by atomic mass is 9.89. The average molecular weight is 401 g/mol. The van der Waals surface area contributed by atoms with Gasteiger partial charge in [-0.1, -0.05) is 17.7 Å². The van der Waals surface area contributed by atoms with Gasteiger partial charge >= 0.3 is 0 Å². The van der Waals surface area contributed by atoms with E-state index in [4.69, 9.17) is 16.3 Å². The molecule has 7 heteroatoms. The quantitative estimate of drug-likeness (QED) is 0.623. The zero-order chi connectivity index (χ0) is 19.4. The van der Waals surface area contributed by atoms with Gasteiger partial charge in [-0.25, -0.2) is 13.8 Å². The number of phenolic OH excluding ortho intramolecular Hbond substituents is 1. The number of nitrogens with one attached hydrogen (secondary N) is 1. The van der Waals surface area contributed by atoms with Crippen LogP contribution in [0.25, 0.3) is 27.6 Å². The number of rotatable bonds is 1. The van der Waals surface area contributed by atoms with E-state index in [1.54, 1.807) is 6.07 Å². The maximum absolute atomic E-state index is 15.5. The number of aromatic hydroxyl groups is 1. The first-order valence-electron chi connectivity index (χ1n) is 8.89. The molecule has 5 rings (SSSR count). The summed E-state index contributed by atoms with van der Waals surface area (Å²) in [5.74, 6) is -1.33. The van der Waals surface area contributed by atoms with Gasteiger partial charge in [-0.3, -0.25) is 0 Å². The second kappa shape index (κ2) is 6.43. The number of aromatic nitrogens is 1. The smallest absolute Gasteiger partial charge is 0.158 e. The molecule has 2 N–H and O–H groups in total. The van der Waals surface area contributed by atoms with Gasteiger partial charge in [-0.15, -0.1) is 0 Å². The van der Waals surface area contributed by atoms with Crippen molar-refractivity contribution >= 4 is 28.1 Å². The Balaban J connectivity index is 1.83. The lowest BCUT2D eigenvalue weighted by molar-refractivity contribution is 0.337. The number of phenols is 1. The molecule has 0 unspecified atom stereocenters. The van der Waals surface area contributed by atoms with E-state index in [1.165, 1.54) is 18.3 Å². The number of hydrogen-bond acceptors (Lipinski definition) is 4. The van der Waals surface area contributed by atoms with Crippen LogP contribution in [0.3, 0.4) is 0 Å². The van der Waals surface area contributed by atoms with Crippen molar-refractivity contribution in [2.24, 2.45) is 0 Å². The maximum atomic E-state index is 15.5. The van der Waals surface area contributed by atoms with Crippen molar-refractivity contribution in [1.29, 1.82) is 0 Å². The molecule has 0 radical (unpaired) electrons. The predicted octanol–water partition coefficient (Wildman–Crippen LogP) is 4.68. The summed E-state index contributed by atoms with van der Waals surface area (Å²) < 4.78 is 35.6. The Labute approximate surface area is 164 Å². The van der Waals surface area contributed by atoms with Gasteiger partial charge in [-0.2, -0.15) is 0 Å². The molecule has 4 nitrogen and oxygen atoms in total. The third kappa shape index (κ3) is 2.48. The van der Waals surface area contributed by atoms with Crippen LogP contribution in [0.5, 0.6) is 11.5 Å². The first-order chi connectivity index (χ1) is 13.6. The molecule has 0 bridgehead atoms. The van der Waals surface area contributed by atoms with Gasteiger partial charge in [0.15, 0.2) is 5.82 Å². The molecule has 0 atom stereocenters. The van der Waals surface area contributed by atoms with Gasteiger partial charge in [-0.05, 0) is 42.3 Å². The summed E-state index contributed by atoms with van der Waals surface area (Å²) in [6.07, 6.45) is 2.28. The zero-order valence-electron chi connectivity index (χ0n) is 14.7. The van der Waals surface area contributed by atoms with E-state index in [-0.39, 0.29) is 27.4 Å². The van der Waals surface area contributed by atoms with E-state index in [0.29, 0.717) is 17.7 Å². The van der Waals surface area contributed by atoms with Crippen molar-refractivity contribution in [1.82, 2.24) is 10.3 Å². The Morgan fingerprint density at radius 3 is 2.86 bits per heavy atom. The van der Waals surface area contributed by atoms with Crippen LogP contribution in [0, 0.1) is 11.6 Å². The van der Waals surface area contributed by atoms with Crippen molar-refractivity contribution in [2.75, 3.05) is 19.7 Å². The van der Waals surface area contributed by atoms with Crippen molar-refractivity contribution in [3.8, 4) is 22.6 Å². The summed E-state index contributed by atoms with van der Waals surface area (Å²) in [5.41, 5.74) is 2.62. The normalized spacial score (nSPS) is 16.0. The summed E-state index contributed by atoms with van der Waals surface area (Å²) >= 11 is 6.39. The predicted molar refractivity (Wildman–Crippen MR) is 104 cm³/mol. The van der Waals surface area contributed by atoms with E-state index in [1.807, 2.05) is 0 Å². The first kappa shape index (κ1) is 17.4. The van der Waals surface area contributed by atoms with Gasteiger partial charge in [0.2, 0.25) is 0 Å². The average Bonchev–Trinajstić information content (AvgIpc) is 2.69. The molecule has 0 fully saturated rings. The van der Waals surface area contributed by atoms with Crippen molar-refractivity contribution in [3.05, 3.63) is 58.3 Å². The molecule has 0 saturated carbocycles. The molecule has 3 heterocycles. The van der Waals surface area contributed by atoms with Crippen LogP contribution in [0.4, 0.5) is 8.78 Å². The number of pyridine rings is 1. The number of ether oxygens (including phenoxy) is 1. The minimum absolute atomic E-state index is 0.00209. The third-order valence-electron chi connectivity index (χ3n) is 5.28. The number of benzene rings is 2. The van der Waals surface area contributed by atoms with Crippen LogP contribution >= 0.6 is 11.6 Å². The highest BCUT2D eigenvalue weighted by atomic mass is 35.5. The van der Waals surface area contributed by atoms with E-state index in [9.17, 15) is 9.50 Å². The minimum Gasteiger partial charge on any atom is -0.507 e. The molecule has 0 aliphatic carbocycles. The van der Waals surface area contributed by atoms with Gasteiger partial charge < -0.3 is 15.2 Å². The molecule has 28 heavy (non-hydrogen) atoms. The Morgan fingerprint density at radius 2 is 2.04 bits per heavy atom. The minimum atomic E-state index is -0.771. The Morgan fingerprint density at radius 1 is 1.18 bits per heavy atom. The van der Waals surface area contributed by atoms with Crippen LogP contribution in [0.1, 0.15) is 12.0 Å². The highest BCUT2D eigenvalue weighted by molar-refractivity contribution is 6.34. The fraction of sp³-hybridized carbons (Fsp3) is 0.190. The molecule has 0 saturated heterocycles. The second-order valence-corrected chi connectivity index (χ2v) is 7.28. The number of nitrogens with zero attached hydrogens (tertiary/aromatic N) is 1. The topological polar surface area (TPSA) is 54.4 Å². The second-order valence-electron chi connectivity index (χ2n) is 6.87. The molecule has 0 spiro atoms. The highest BCUT2D eigenvalue weighted by Gasteiger charge is 2.28. The third-order valence-corrected chi connectivity index (χ3v) is 5.58. The molecule has 142 valence electrons. The van der Waals surface area contributed by atoms with Crippen LogP contribution < -0.4 is 10.1 Å². The summed E-state index contributed by atoms with van der Waals surface area (Å²) in [4.78, 5) is 4.22. The van der Waals surface area contributed by atoms with Gasteiger partial charge in [0.25, 0.3) is 0 Å². The molecular formula is C21H15ClF2N2O2. The lowest BCUT2D eigenvalue weighted by Gasteiger charge is -2.29. The fourth-order valence-corrected chi connectivity index (χ4v) is 4.28. The summed E-state index contributed by atoms with van der Waals surface area (Å²) in [5, 5.41) is 13.9. The van der Waals surface area contributed by atoms with Crippen molar-refractivity contribution < 1.29 is 18.6 Å². The van der Waals surface area contributed by atoms with E-state index < -0.39 is 11.6 Å². The standard InChI is InChI=1S/C21H15ClF2N2O2/c22-13-6-12-17-11-4-5-25-7-10(11)9-28-16(17)8-26-21(12)20(24)18(13)19-14(23)2-1-3-15(19)27/h1-3,6,8,25,27H,4-5,7,9H2. The molecule has 2 aromatic carbocycles. The molecule has 1 aromatic heterocycles. The van der Waals surface area contributed by atoms with Crippen LogP contribution in [0.2, 0.25) is 5.02 Å². The van der Waals surface area contributed by atoms with Crippen LogP contribution in [-0.4, -0.2) is 29.8 Å². The Kier molecular flexibility index (Phi) is 4.00. The summed E-state index contributed by atoms with van der Waals surface area (Å²) in [6.45, 7) is 2.01. The largest absolute Gasteiger partial charge is 0.507 e. The monoisotopic (exact) mass is 400 g/mol. The number of halogens is 3. The van der Waals surface area contributed by atoms with Crippen LogP contribution in [0.15, 0.2) is 36.0 Å². The highest BCUT2D eigenvalue weighted by Crippen LogP contribution is 2.45. The molecule has 0 amide bonds. The van der Waals surface area contributed by atoms with Crippen molar-refractivity contribution in [3.63, 3.8) is 0 Å². The SMILES string of the molecule is Oc1cccc(F)c1-c1c(Cl)cc2c3c(cnc2c1F)OCC1=C3CCNC1. The lowest BCUT2D eigenvalue weighted by Crippen LogP contribution is -2.29. The number of fused-ring (bicyclic) bond motifs is 4. The molecule has 2 aliphatic heterocycles. The summed E-state index contributed by atoms with van der Waals surface area (Å²) in [7, 11) is 0. The van der Waals surface area contributed by atoms with E-state index >= 15 is 4.39 Å². The molecular weight excluding hydrogens is 386 g/mol. The van der Waals surface area contributed by atoms with Gasteiger partial charge in [0.05, 0.1) is 16.8 Å². The van der Waals surface area contributed by atoms with E-state index in [0.717, 1.165) is 42.3 Å². The summed E-state index contributed by atoms with van der Waals surface area (Å²) in [6, 6.07) is 5.36. The van der Waals surface area contributed by atoms with Gasteiger partial charge in [0, 0.05) is 23.1 Å². The Hall–Kier alpha value is -2.70. The molecule has 2 aliphatic rings. The van der Waals surface area contributed by atoms with Gasteiger partial charge in [0.1, 0.15) is 29.4 Å². The number of hydrogen-bond donors (Lipinski definition) is 2. The fourth-order valence-electron chi connectivity index (χ4n) is 4.00. The zero-order valence-corrected chi connectivity index (χ0v) is 15.4. The van der Waals surface area contributed by atoms with E-state index in [2.05, 4.69) is 10.3 Å². The van der Waals surface area contributed by atoms with Crippen molar-refractivity contribution in [2.45, 2.75) is 6.42 Å². The molecule has 3 aromatic rings. The maximum Gasteiger partial charge on any atom is 0.158 e. The first-order valence-corrected chi connectivity index (χ1v) is 9.27. The van der Waals surface area contributed by atoms with Crippen LogP contribution in [-0.2, 0) is 0 Å².